The number of sulfonamides is 1. The van der Waals surface area contributed by atoms with Gasteiger partial charge in [0.15, 0.2) is 6.10 Å². The third kappa shape index (κ3) is 5.24. The summed E-state index contributed by atoms with van der Waals surface area (Å²) in [4.78, 5) is 13.0. The third-order valence-electron chi connectivity index (χ3n) is 5.85. The van der Waals surface area contributed by atoms with Crippen molar-refractivity contribution in [2.45, 2.75) is 57.5 Å². The summed E-state index contributed by atoms with van der Waals surface area (Å²) in [5, 5.41) is 2.81. The van der Waals surface area contributed by atoms with Crippen LogP contribution in [0.1, 0.15) is 43.7 Å². The quantitative estimate of drug-likeness (QED) is 0.635. The Morgan fingerprint density at radius 3 is 2.47 bits per heavy atom. The molecule has 1 amide bonds. The number of nitrogens with zero attached hydrogens (tertiary/aromatic N) is 1. The minimum atomic E-state index is -3.72. The molecule has 7 nitrogen and oxygen atoms in total. The number of piperidine rings is 1. The molecule has 0 unspecified atom stereocenters. The van der Waals surface area contributed by atoms with Gasteiger partial charge < -0.3 is 14.8 Å². The number of rotatable bonds is 8. The summed E-state index contributed by atoms with van der Waals surface area (Å²) in [7, 11) is -2.28. The van der Waals surface area contributed by atoms with Crippen molar-refractivity contribution in [1.29, 1.82) is 0 Å². The maximum Gasteiger partial charge on any atom is 0.265 e. The van der Waals surface area contributed by atoms with Gasteiger partial charge in [0.1, 0.15) is 16.4 Å². The molecule has 174 valence electrons. The Hall–Kier alpha value is -2.58. The molecule has 3 rings (SSSR count). The number of hydrogen-bond acceptors (Lipinski definition) is 5. The summed E-state index contributed by atoms with van der Waals surface area (Å²) >= 11 is 0. The van der Waals surface area contributed by atoms with Crippen molar-refractivity contribution in [3.05, 3.63) is 47.5 Å². The van der Waals surface area contributed by atoms with Crippen LogP contribution >= 0.6 is 0 Å². The zero-order valence-corrected chi connectivity index (χ0v) is 20.0. The fraction of sp³-hybridized carbons (Fsp3) is 0.458. The molecule has 0 spiro atoms. The van der Waals surface area contributed by atoms with Gasteiger partial charge in [-0.3, -0.25) is 4.79 Å². The molecule has 32 heavy (non-hydrogen) atoms. The predicted octanol–water partition coefficient (Wildman–Crippen LogP) is 4.28. The first kappa shape index (κ1) is 24.1. The lowest BCUT2D eigenvalue weighted by atomic mass is 10.1. The SMILES string of the molecule is CC[C@H](Oc1cccc(C)c1C)C(=O)Nc1ccc(OC)c(S(=O)(=O)N2CCCCC2)c1. The van der Waals surface area contributed by atoms with Gasteiger partial charge in [0.2, 0.25) is 10.0 Å². The molecule has 1 N–H and O–H groups in total. The van der Waals surface area contributed by atoms with E-state index in [1.165, 1.54) is 17.5 Å². The van der Waals surface area contributed by atoms with Crippen molar-refractivity contribution in [1.82, 2.24) is 4.31 Å². The average molecular weight is 461 g/mol. The summed E-state index contributed by atoms with van der Waals surface area (Å²) in [6, 6.07) is 10.4. The largest absolute Gasteiger partial charge is 0.495 e. The summed E-state index contributed by atoms with van der Waals surface area (Å²) in [5.74, 6) is 0.585. The Balaban J connectivity index is 1.82. The lowest BCUT2D eigenvalue weighted by molar-refractivity contribution is -0.122. The highest BCUT2D eigenvalue weighted by Crippen LogP contribution is 2.31. The van der Waals surface area contributed by atoms with Gasteiger partial charge >= 0.3 is 0 Å². The number of hydrogen-bond donors (Lipinski definition) is 1. The van der Waals surface area contributed by atoms with Crippen molar-refractivity contribution in [2.24, 2.45) is 0 Å². The number of methoxy groups -OCH3 is 1. The number of carbonyl (C=O) groups excluding carboxylic acids is 1. The highest BCUT2D eigenvalue weighted by atomic mass is 32.2. The first-order valence-corrected chi connectivity index (χ1v) is 12.4. The lowest BCUT2D eigenvalue weighted by Crippen LogP contribution is -2.36. The van der Waals surface area contributed by atoms with Crippen molar-refractivity contribution in [3.8, 4) is 11.5 Å². The van der Waals surface area contributed by atoms with Gasteiger partial charge in [0.25, 0.3) is 5.91 Å². The number of aryl methyl sites for hydroxylation is 1. The molecular formula is C24H32N2O5S. The van der Waals surface area contributed by atoms with Crippen LogP contribution < -0.4 is 14.8 Å². The fourth-order valence-corrected chi connectivity index (χ4v) is 5.45. The van der Waals surface area contributed by atoms with Crippen molar-refractivity contribution in [3.63, 3.8) is 0 Å². The van der Waals surface area contributed by atoms with E-state index in [1.807, 2.05) is 39.0 Å². The molecule has 1 fully saturated rings. The molecule has 0 radical (unpaired) electrons. The maximum atomic E-state index is 13.2. The molecule has 0 bridgehead atoms. The van der Waals surface area contributed by atoms with Crippen LogP contribution in [0.5, 0.6) is 11.5 Å². The Kier molecular flexibility index (Phi) is 7.79. The van der Waals surface area contributed by atoms with Crippen LogP contribution in [-0.4, -0.2) is 44.9 Å². The maximum absolute atomic E-state index is 13.2. The number of ether oxygens (including phenoxy) is 2. The van der Waals surface area contributed by atoms with Gasteiger partial charge in [-0.1, -0.05) is 25.5 Å². The molecule has 1 aliphatic rings. The Morgan fingerprint density at radius 2 is 1.81 bits per heavy atom. The van der Waals surface area contributed by atoms with Gasteiger partial charge in [0.05, 0.1) is 7.11 Å². The third-order valence-corrected chi connectivity index (χ3v) is 7.77. The average Bonchev–Trinajstić information content (AvgIpc) is 2.80. The van der Waals surface area contributed by atoms with E-state index in [2.05, 4.69) is 5.32 Å². The molecule has 1 saturated heterocycles. The van der Waals surface area contributed by atoms with Gasteiger partial charge in [-0.15, -0.1) is 0 Å². The van der Waals surface area contributed by atoms with E-state index in [1.54, 1.807) is 12.1 Å². The second-order valence-corrected chi connectivity index (χ2v) is 9.94. The normalized spacial score (nSPS) is 15.8. The first-order chi connectivity index (χ1) is 15.3. The van der Waals surface area contributed by atoms with E-state index in [0.29, 0.717) is 30.9 Å². The van der Waals surface area contributed by atoms with Gasteiger partial charge in [-0.25, -0.2) is 8.42 Å². The van der Waals surface area contributed by atoms with Crippen LogP contribution in [0, 0.1) is 13.8 Å². The summed E-state index contributed by atoms with van der Waals surface area (Å²) in [5.41, 5.74) is 2.45. The smallest absolute Gasteiger partial charge is 0.265 e. The second kappa shape index (κ2) is 10.4. The molecule has 0 saturated carbocycles. The number of benzene rings is 2. The number of anilines is 1. The predicted molar refractivity (Wildman–Crippen MR) is 125 cm³/mol. The van der Waals surface area contributed by atoms with E-state index in [-0.39, 0.29) is 16.6 Å². The van der Waals surface area contributed by atoms with Crippen LogP contribution in [0.15, 0.2) is 41.3 Å². The zero-order chi connectivity index (χ0) is 23.3. The Bertz CT molecular complexity index is 1060. The number of amides is 1. The molecule has 1 atom stereocenters. The highest BCUT2D eigenvalue weighted by molar-refractivity contribution is 7.89. The minimum Gasteiger partial charge on any atom is -0.495 e. The molecule has 1 aliphatic heterocycles. The topological polar surface area (TPSA) is 84.9 Å². The Labute approximate surface area is 190 Å². The van der Waals surface area contributed by atoms with Gasteiger partial charge in [-0.2, -0.15) is 4.31 Å². The van der Waals surface area contributed by atoms with Crippen LogP contribution in [0.3, 0.4) is 0 Å². The molecule has 0 aliphatic carbocycles. The van der Waals surface area contributed by atoms with Crippen molar-refractivity contribution in [2.75, 3.05) is 25.5 Å². The van der Waals surface area contributed by atoms with E-state index in [9.17, 15) is 13.2 Å². The van der Waals surface area contributed by atoms with Crippen LogP contribution in [0.4, 0.5) is 5.69 Å². The zero-order valence-electron chi connectivity index (χ0n) is 19.2. The van der Waals surface area contributed by atoms with Crippen LogP contribution in [0.2, 0.25) is 0 Å². The summed E-state index contributed by atoms with van der Waals surface area (Å²) < 4.78 is 39.2. The second-order valence-electron chi connectivity index (χ2n) is 8.03. The first-order valence-electron chi connectivity index (χ1n) is 11.0. The lowest BCUT2D eigenvalue weighted by Gasteiger charge is -2.26. The van der Waals surface area contributed by atoms with Crippen LogP contribution in [0.25, 0.3) is 0 Å². The molecular weight excluding hydrogens is 428 g/mol. The molecule has 2 aromatic rings. The Morgan fingerprint density at radius 1 is 1.09 bits per heavy atom. The van der Waals surface area contributed by atoms with E-state index >= 15 is 0 Å². The fourth-order valence-electron chi connectivity index (χ4n) is 3.75. The summed E-state index contributed by atoms with van der Waals surface area (Å²) in [6.45, 7) is 6.80. The number of nitrogens with one attached hydrogen (secondary N) is 1. The molecule has 1 heterocycles. The molecule has 0 aromatic heterocycles. The molecule has 8 heteroatoms. The monoisotopic (exact) mass is 460 g/mol. The van der Waals surface area contributed by atoms with E-state index < -0.39 is 16.1 Å². The molecule has 2 aromatic carbocycles. The number of carbonyl (C=O) groups is 1. The standard InChI is InChI=1S/C24H32N2O5S/c1-5-20(31-21-11-9-10-17(2)18(21)3)24(27)25-19-12-13-22(30-4)23(16-19)32(28,29)26-14-7-6-8-15-26/h9-13,16,20H,5-8,14-15H2,1-4H3,(H,25,27)/t20-/m0/s1. The highest BCUT2D eigenvalue weighted by Gasteiger charge is 2.29. The van der Waals surface area contributed by atoms with E-state index in [0.717, 1.165) is 30.4 Å². The van der Waals surface area contributed by atoms with Gasteiger partial charge in [0, 0.05) is 18.8 Å². The van der Waals surface area contributed by atoms with E-state index in [4.69, 9.17) is 9.47 Å². The van der Waals surface area contributed by atoms with Gasteiger partial charge in [-0.05, 0) is 68.5 Å². The van der Waals surface area contributed by atoms with Crippen LogP contribution in [-0.2, 0) is 14.8 Å². The minimum absolute atomic E-state index is 0.0585. The van der Waals surface area contributed by atoms with Crippen molar-refractivity contribution >= 4 is 21.6 Å². The van der Waals surface area contributed by atoms with Crippen molar-refractivity contribution < 1.29 is 22.7 Å². The summed E-state index contributed by atoms with van der Waals surface area (Å²) in [6.07, 6.45) is 2.46.